The van der Waals surface area contributed by atoms with Crippen molar-refractivity contribution >= 4 is 5.97 Å². The Balaban J connectivity index is 2.59. The van der Waals surface area contributed by atoms with Gasteiger partial charge in [-0.2, -0.15) is 0 Å². The number of pyridine rings is 1. The van der Waals surface area contributed by atoms with Gasteiger partial charge in [-0.15, -0.1) is 0 Å². The monoisotopic (exact) mass is 244 g/mol. The molecule has 2 rings (SSSR count). The number of carbonyl (C=O) groups is 1. The average molecular weight is 244 g/mol. The summed E-state index contributed by atoms with van der Waals surface area (Å²) in [6.45, 7) is 4.75. The van der Waals surface area contributed by atoms with Crippen molar-refractivity contribution in [2.45, 2.75) is 26.8 Å². The highest BCUT2D eigenvalue weighted by molar-refractivity contribution is 5.91. The van der Waals surface area contributed by atoms with Crippen molar-refractivity contribution in [2.24, 2.45) is 0 Å². The van der Waals surface area contributed by atoms with Crippen molar-refractivity contribution in [1.82, 2.24) is 9.55 Å². The highest BCUT2D eigenvalue weighted by Crippen LogP contribution is 2.25. The van der Waals surface area contributed by atoms with E-state index in [1.165, 1.54) is 0 Å². The standard InChI is InChI=1S/C14H16N2O2/c1-3-8-16-10(2)12(14(17)18)9-13(16)11-4-6-15-7-5-11/h4-7,9H,3,8H2,1-2H3,(H,17,18). The molecule has 0 aromatic carbocycles. The third-order valence-electron chi connectivity index (χ3n) is 3.02. The van der Waals surface area contributed by atoms with Crippen LogP contribution in [0.3, 0.4) is 0 Å². The van der Waals surface area contributed by atoms with Gasteiger partial charge in [0, 0.05) is 35.9 Å². The molecule has 0 spiro atoms. The van der Waals surface area contributed by atoms with Gasteiger partial charge in [0.25, 0.3) is 0 Å². The summed E-state index contributed by atoms with van der Waals surface area (Å²) in [5, 5.41) is 9.19. The summed E-state index contributed by atoms with van der Waals surface area (Å²) in [6, 6.07) is 5.53. The average Bonchev–Trinajstić information content (AvgIpc) is 2.69. The lowest BCUT2D eigenvalue weighted by Gasteiger charge is -2.10. The Bertz CT molecular complexity index is 559. The molecule has 0 amide bonds. The minimum atomic E-state index is -0.877. The maximum atomic E-state index is 11.2. The molecule has 0 unspecified atom stereocenters. The molecule has 0 saturated heterocycles. The number of rotatable bonds is 4. The van der Waals surface area contributed by atoms with E-state index in [0.29, 0.717) is 5.56 Å². The normalized spacial score (nSPS) is 10.6. The number of hydrogen-bond acceptors (Lipinski definition) is 2. The van der Waals surface area contributed by atoms with Crippen LogP contribution in [0.1, 0.15) is 29.4 Å². The number of aromatic nitrogens is 2. The molecule has 0 aliphatic carbocycles. The van der Waals surface area contributed by atoms with Gasteiger partial charge in [0.05, 0.1) is 5.56 Å². The van der Waals surface area contributed by atoms with Crippen molar-refractivity contribution in [3.63, 3.8) is 0 Å². The van der Waals surface area contributed by atoms with E-state index in [0.717, 1.165) is 29.9 Å². The maximum absolute atomic E-state index is 11.2. The number of hydrogen-bond donors (Lipinski definition) is 1. The first-order chi connectivity index (χ1) is 8.65. The molecule has 2 aromatic rings. The van der Waals surface area contributed by atoms with Crippen molar-refractivity contribution < 1.29 is 9.90 Å². The molecule has 0 fully saturated rings. The lowest BCUT2D eigenvalue weighted by Crippen LogP contribution is -2.04. The number of carboxylic acid groups (broad SMARTS) is 1. The Hall–Kier alpha value is -2.10. The third kappa shape index (κ3) is 2.14. The predicted molar refractivity (Wildman–Crippen MR) is 69.7 cm³/mol. The SMILES string of the molecule is CCCn1c(-c2ccncc2)cc(C(=O)O)c1C. The fourth-order valence-corrected chi connectivity index (χ4v) is 2.14. The van der Waals surface area contributed by atoms with Crippen LogP contribution in [-0.4, -0.2) is 20.6 Å². The topological polar surface area (TPSA) is 55.1 Å². The quantitative estimate of drug-likeness (QED) is 0.899. The van der Waals surface area contributed by atoms with Crippen LogP contribution >= 0.6 is 0 Å². The maximum Gasteiger partial charge on any atom is 0.337 e. The summed E-state index contributed by atoms with van der Waals surface area (Å²) < 4.78 is 2.05. The summed E-state index contributed by atoms with van der Waals surface area (Å²) in [6.07, 6.45) is 4.40. The fourth-order valence-electron chi connectivity index (χ4n) is 2.14. The zero-order valence-electron chi connectivity index (χ0n) is 10.6. The van der Waals surface area contributed by atoms with Crippen molar-refractivity contribution in [1.29, 1.82) is 0 Å². The molecule has 1 N–H and O–H groups in total. The predicted octanol–water partition coefficient (Wildman–Crippen LogP) is 2.97. The summed E-state index contributed by atoms with van der Waals surface area (Å²) in [5.41, 5.74) is 3.11. The molecule has 0 atom stereocenters. The fraction of sp³-hybridized carbons (Fsp3) is 0.286. The first kappa shape index (κ1) is 12.4. The summed E-state index contributed by atoms with van der Waals surface area (Å²) >= 11 is 0. The van der Waals surface area contributed by atoms with E-state index >= 15 is 0 Å². The minimum Gasteiger partial charge on any atom is -0.478 e. The number of aromatic carboxylic acids is 1. The summed E-state index contributed by atoms with van der Waals surface area (Å²) in [4.78, 5) is 15.2. The van der Waals surface area contributed by atoms with Crippen LogP contribution in [0.15, 0.2) is 30.6 Å². The second kappa shape index (κ2) is 5.04. The van der Waals surface area contributed by atoms with Crippen LogP contribution in [0, 0.1) is 6.92 Å². The minimum absolute atomic E-state index is 0.371. The molecule has 94 valence electrons. The first-order valence-electron chi connectivity index (χ1n) is 5.99. The molecule has 0 aliphatic rings. The molecule has 2 heterocycles. The summed E-state index contributed by atoms with van der Waals surface area (Å²) in [5.74, 6) is -0.877. The van der Waals surface area contributed by atoms with Crippen LogP contribution in [0.25, 0.3) is 11.3 Å². The zero-order chi connectivity index (χ0) is 13.1. The largest absolute Gasteiger partial charge is 0.478 e. The second-order valence-corrected chi connectivity index (χ2v) is 4.22. The number of nitrogens with zero attached hydrogens (tertiary/aromatic N) is 2. The second-order valence-electron chi connectivity index (χ2n) is 4.22. The molecule has 0 saturated carbocycles. The van der Waals surface area contributed by atoms with Gasteiger partial charge >= 0.3 is 5.97 Å². The van der Waals surface area contributed by atoms with Gasteiger partial charge in [0.2, 0.25) is 0 Å². The highest BCUT2D eigenvalue weighted by atomic mass is 16.4. The Morgan fingerprint density at radius 1 is 1.39 bits per heavy atom. The lowest BCUT2D eigenvalue weighted by atomic mass is 10.2. The molecule has 2 aromatic heterocycles. The van der Waals surface area contributed by atoms with Crippen molar-refractivity contribution in [2.75, 3.05) is 0 Å². The van der Waals surface area contributed by atoms with Gasteiger partial charge in [0.15, 0.2) is 0 Å². The van der Waals surface area contributed by atoms with Gasteiger partial charge in [-0.05, 0) is 31.5 Å². The van der Waals surface area contributed by atoms with Gasteiger partial charge < -0.3 is 9.67 Å². The van der Waals surface area contributed by atoms with Crippen LogP contribution < -0.4 is 0 Å². The Kier molecular flexibility index (Phi) is 3.46. The highest BCUT2D eigenvalue weighted by Gasteiger charge is 2.17. The third-order valence-corrected chi connectivity index (χ3v) is 3.02. The molecule has 4 nitrogen and oxygen atoms in total. The first-order valence-corrected chi connectivity index (χ1v) is 5.99. The Morgan fingerprint density at radius 2 is 2.06 bits per heavy atom. The van der Waals surface area contributed by atoms with E-state index in [4.69, 9.17) is 0 Å². The number of carboxylic acids is 1. The van der Waals surface area contributed by atoms with E-state index in [1.54, 1.807) is 18.5 Å². The molecular formula is C14H16N2O2. The zero-order valence-corrected chi connectivity index (χ0v) is 10.6. The molecule has 0 bridgehead atoms. The van der Waals surface area contributed by atoms with E-state index in [1.807, 2.05) is 19.1 Å². The van der Waals surface area contributed by atoms with E-state index < -0.39 is 5.97 Å². The van der Waals surface area contributed by atoms with E-state index in [9.17, 15) is 9.90 Å². The lowest BCUT2D eigenvalue weighted by molar-refractivity contribution is 0.0696. The van der Waals surface area contributed by atoms with Crippen LogP contribution in [0.4, 0.5) is 0 Å². The van der Waals surface area contributed by atoms with Crippen molar-refractivity contribution in [3.8, 4) is 11.3 Å². The van der Waals surface area contributed by atoms with Crippen molar-refractivity contribution in [3.05, 3.63) is 41.9 Å². The Morgan fingerprint density at radius 3 is 2.61 bits per heavy atom. The molecule has 0 aliphatic heterocycles. The molecule has 18 heavy (non-hydrogen) atoms. The molecular weight excluding hydrogens is 228 g/mol. The molecule has 0 radical (unpaired) electrons. The Labute approximate surface area is 106 Å². The van der Waals surface area contributed by atoms with Gasteiger partial charge in [-0.3, -0.25) is 4.98 Å². The van der Waals surface area contributed by atoms with Gasteiger partial charge in [-0.1, -0.05) is 6.92 Å². The van der Waals surface area contributed by atoms with Crippen LogP contribution in [-0.2, 0) is 6.54 Å². The van der Waals surface area contributed by atoms with Crippen LogP contribution in [0.2, 0.25) is 0 Å². The van der Waals surface area contributed by atoms with E-state index in [2.05, 4.69) is 16.5 Å². The smallest absolute Gasteiger partial charge is 0.337 e. The van der Waals surface area contributed by atoms with E-state index in [-0.39, 0.29) is 0 Å². The van der Waals surface area contributed by atoms with Gasteiger partial charge in [0.1, 0.15) is 0 Å². The van der Waals surface area contributed by atoms with Crippen LogP contribution in [0.5, 0.6) is 0 Å². The molecule has 4 heteroatoms. The van der Waals surface area contributed by atoms with Gasteiger partial charge in [-0.25, -0.2) is 4.79 Å². The summed E-state index contributed by atoms with van der Waals surface area (Å²) in [7, 11) is 0.